The van der Waals surface area contributed by atoms with Crippen LogP contribution in [0.4, 0.5) is 0 Å². The number of halogens is 1. The van der Waals surface area contributed by atoms with Gasteiger partial charge in [-0.3, -0.25) is 9.59 Å². The molecule has 0 saturated heterocycles. The second kappa shape index (κ2) is 5.44. The van der Waals surface area contributed by atoms with Crippen LogP contribution in [0.3, 0.4) is 0 Å². The third kappa shape index (κ3) is 2.74. The Balaban J connectivity index is 2.33. The average Bonchev–Trinajstić information content (AvgIpc) is 2.39. The molecule has 1 heterocycles. The minimum Gasteiger partial charge on any atom is -0.310 e. The van der Waals surface area contributed by atoms with Crippen LogP contribution < -0.4 is 0 Å². The minimum atomic E-state index is -0.157. The van der Waals surface area contributed by atoms with E-state index in [1.807, 2.05) is 52.9 Å². The van der Waals surface area contributed by atoms with Gasteiger partial charge in [0.25, 0.3) is 0 Å². The first-order valence-electron chi connectivity index (χ1n) is 5.35. The van der Waals surface area contributed by atoms with Gasteiger partial charge in [-0.1, -0.05) is 52.9 Å². The maximum absolute atomic E-state index is 11.8. The summed E-state index contributed by atoms with van der Waals surface area (Å²) < 4.78 is 0.416. The minimum absolute atomic E-state index is 0.0307. The van der Waals surface area contributed by atoms with Crippen molar-refractivity contribution in [1.29, 1.82) is 0 Å². The number of rotatable bonds is 2. The van der Waals surface area contributed by atoms with E-state index < -0.39 is 0 Å². The fraction of sp³-hybridized carbons (Fsp3) is 0.231. The molecule has 17 heavy (non-hydrogen) atoms. The summed E-state index contributed by atoms with van der Waals surface area (Å²) in [6, 6.07) is 9.51. The highest BCUT2D eigenvalue weighted by Crippen LogP contribution is 2.28. The van der Waals surface area contributed by atoms with E-state index in [9.17, 15) is 9.59 Å². The lowest BCUT2D eigenvalue weighted by molar-refractivity contribution is -0.129. The number of benzene rings is 1. The van der Waals surface area contributed by atoms with Gasteiger partial charge in [-0.2, -0.15) is 0 Å². The Morgan fingerprint density at radius 3 is 2.71 bits per heavy atom. The van der Waals surface area contributed by atoms with Gasteiger partial charge < -0.3 is 4.90 Å². The molecule has 0 aromatic heterocycles. The zero-order chi connectivity index (χ0) is 12.3. The van der Waals surface area contributed by atoms with E-state index >= 15 is 0 Å². The molecule has 1 aromatic carbocycles. The molecule has 2 rings (SSSR count). The predicted octanol–water partition coefficient (Wildman–Crippen LogP) is 2.48. The monoisotopic (exact) mass is 341 g/mol. The Labute approximate surface area is 114 Å². The number of alkyl halides is 1. The first-order chi connectivity index (χ1) is 8.22. The molecule has 1 unspecified atom stereocenters. The molecule has 0 radical (unpaired) electrons. The number of amides is 1. The van der Waals surface area contributed by atoms with Crippen molar-refractivity contribution < 1.29 is 9.59 Å². The van der Waals surface area contributed by atoms with Crippen LogP contribution in [0.2, 0.25) is 0 Å². The molecule has 88 valence electrons. The molecule has 3 nitrogen and oxygen atoms in total. The van der Waals surface area contributed by atoms with Crippen LogP contribution >= 0.6 is 22.6 Å². The molecule has 1 amide bonds. The van der Waals surface area contributed by atoms with Gasteiger partial charge in [0.2, 0.25) is 5.91 Å². The molecule has 4 heteroatoms. The van der Waals surface area contributed by atoms with Gasteiger partial charge in [0.1, 0.15) is 0 Å². The Morgan fingerprint density at radius 2 is 2.06 bits per heavy atom. The van der Waals surface area contributed by atoms with Gasteiger partial charge in [0.15, 0.2) is 5.78 Å². The van der Waals surface area contributed by atoms with Crippen molar-refractivity contribution in [3.8, 4) is 0 Å². The smallest absolute Gasteiger partial charge is 0.236 e. The van der Waals surface area contributed by atoms with Crippen LogP contribution in [0.15, 0.2) is 42.6 Å². The molecule has 1 aliphatic heterocycles. The summed E-state index contributed by atoms with van der Waals surface area (Å²) in [7, 11) is 0. The molecule has 1 atom stereocenters. The molecule has 0 spiro atoms. The van der Waals surface area contributed by atoms with Gasteiger partial charge in [0, 0.05) is 12.6 Å². The van der Waals surface area contributed by atoms with Gasteiger partial charge in [-0.15, -0.1) is 0 Å². The molecule has 0 N–H and O–H groups in total. The third-order valence-electron chi connectivity index (χ3n) is 2.74. The van der Waals surface area contributed by atoms with E-state index in [0.717, 1.165) is 5.56 Å². The van der Waals surface area contributed by atoms with Gasteiger partial charge in [0.05, 0.1) is 10.5 Å². The Kier molecular flexibility index (Phi) is 3.93. The largest absolute Gasteiger partial charge is 0.310 e. The number of hydrogen-bond donors (Lipinski definition) is 0. The number of carbonyl (C=O) groups is 2. The third-order valence-corrected chi connectivity index (χ3v) is 3.39. The van der Waals surface area contributed by atoms with Gasteiger partial charge >= 0.3 is 0 Å². The lowest BCUT2D eigenvalue weighted by atomic mass is 9.97. The summed E-state index contributed by atoms with van der Waals surface area (Å²) in [6.07, 6.45) is 3.44. The van der Waals surface area contributed by atoms with E-state index in [-0.39, 0.29) is 17.7 Å². The molecule has 0 aliphatic carbocycles. The van der Waals surface area contributed by atoms with Crippen LogP contribution in [0.25, 0.3) is 0 Å². The molecule has 0 fully saturated rings. The first-order valence-corrected chi connectivity index (χ1v) is 6.88. The quantitative estimate of drug-likeness (QED) is 0.612. The molecular weight excluding hydrogens is 329 g/mol. The van der Waals surface area contributed by atoms with Gasteiger partial charge in [-0.05, 0) is 11.6 Å². The second-order valence-corrected chi connectivity index (χ2v) is 4.61. The molecular formula is C13H12INO2. The van der Waals surface area contributed by atoms with Crippen molar-refractivity contribution in [1.82, 2.24) is 4.90 Å². The van der Waals surface area contributed by atoms with Crippen molar-refractivity contribution in [3.05, 3.63) is 48.2 Å². The number of nitrogens with zero attached hydrogens (tertiary/aromatic N) is 1. The highest BCUT2D eigenvalue weighted by molar-refractivity contribution is 14.1. The number of ketones is 1. The number of hydrogen-bond acceptors (Lipinski definition) is 2. The fourth-order valence-electron chi connectivity index (χ4n) is 1.90. The second-order valence-electron chi connectivity index (χ2n) is 3.85. The van der Waals surface area contributed by atoms with E-state index in [2.05, 4.69) is 0 Å². The highest BCUT2D eigenvalue weighted by Gasteiger charge is 2.27. The van der Waals surface area contributed by atoms with Crippen LogP contribution in [-0.4, -0.2) is 21.0 Å². The average molecular weight is 341 g/mol. The van der Waals surface area contributed by atoms with Crippen molar-refractivity contribution in [2.24, 2.45) is 0 Å². The lowest BCUT2D eigenvalue weighted by Gasteiger charge is -2.30. The van der Waals surface area contributed by atoms with Gasteiger partial charge in [-0.25, -0.2) is 0 Å². The number of carbonyl (C=O) groups excluding carboxylic acids is 2. The summed E-state index contributed by atoms with van der Waals surface area (Å²) >= 11 is 2.04. The van der Waals surface area contributed by atoms with Crippen LogP contribution in [-0.2, 0) is 9.59 Å². The van der Waals surface area contributed by atoms with E-state index in [1.54, 1.807) is 11.1 Å². The summed E-state index contributed by atoms with van der Waals surface area (Å²) in [4.78, 5) is 24.9. The molecule has 0 saturated carbocycles. The maximum atomic E-state index is 11.8. The first kappa shape index (κ1) is 12.3. The SMILES string of the molecule is O=C1C=CN(C(=O)CI)C(c2ccccc2)C1. The Bertz CT molecular complexity index is 456. The standard InChI is InChI=1S/C13H12INO2/c14-9-13(17)15-7-6-11(16)8-12(15)10-4-2-1-3-5-10/h1-7,12H,8-9H2. The number of allylic oxidation sites excluding steroid dienone is 1. The van der Waals surface area contributed by atoms with E-state index in [1.165, 1.54) is 6.08 Å². The topological polar surface area (TPSA) is 37.4 Å². The van der Waals surface area contributed by atoms with Crippen molar-refractivity contribution in [3.63, 3.8) is 0 Å². The van der Waals surface area contributed by atoms with Crippen LogP contribution in [0.5, 0.6) is 0 Å². The van der Waals surface area contributed by atoms with Crippen LogP contribution in [0.1, 0.15) is 18.0 Å². The lowest BCUT2D eigenvalue weighted by Crippen LogP contribution is -2.34. The van der Waals surface area contributed by atoms with E-state index in [0.29, 0.717) is 10.8 Å². The maximum Gasteiger partial charge on any atom is 0.236 e. The molecule has 0 bridgehead atoms. The Hall–Kier alpha value is -1.17. The van der Waals surface area contributed by atoms with Crippen molar-refractivity contribution in [2.75, 3.05) is 4.43 Å². The van der Waals surface area contributed by atoms with Crippen LogP contribution in [0, 0.1) is 0 Å². The fourth-order valence-corrected chi connectivity index (χ4v) is 2.30. The molecule has 1 aromatic rings. The zero-order valence-electron chi connectivity index (χ0n) is 9.17. The Morgan fingerprint density at radius 1 is 1.35 bits per heavy atom. The van der Waals surface area contributed by atoms with E-state index in [4.69, 9.17) is 0 Å². The summed E-state index contributed by atoms with van der Waals surface area (Å²) in [5.41, 5.74) is 1.00. The summed E-state index contributed by atoms with van der Waals surface area (Å²) in [5.74, 6) is 0.0968. The summed E-state index contributed by atoms with van der Waals surface area (Å²) in [5, 5.41) is 0. The normalized spacial score (nSPS) is 19.5. The zero-order valence-corrected chi connectivity index (χ0v) is 11.3. The molecule has 1 aliphatic rings. The predicted molar refractivity (Wildman–Crippen MR) is 73.7 cm³/mol. The van der Waals surface area contributed by atoms with Crippen molar-refractivity contribution >= 4 is 34.3 Å². The van der Waals surface area contributed by atoms with Crippen molar-refractivity contribution in [2.45, 2.75) is 12.5 Å². The summed E-state index contributed by atoms with van der Waals surface area (Å²) in [6.45, 7) is 0. The highest BCUT2D eigenvalue weighted by atomic mass is 127.